The highest BCUT2D eigenvalue weighted by Gasteiger charge is 2.48. The van der Waals surface area contributed by atoms with Gasteiger partial charge in [0, 0.05) is 6.42 Å². The lowest BCUT2D eigenvalue weighted by Crippen LogP contribution is -2.57. The highest BCUT2D eigenvalue weighted by atomic mass is 28.4. The molecular formula is C17H33F2NO4Si. The van der Waals surface area contributed by atoms with Gasteiger partial charge in [-0.05, 0) is 38.9 Å². The fourth-order valence-corrected chi connectivity index (χ4v) is 3.12. The van der Waals surface area contributed by atoms with Crippen molar-refractivity contribution in [2.75, 3.05) is 13.2 Å². The van der Waals surface area contributed by atoms with Gasteiger partial charge in [0.2, 0.25) is 0 Å². The molecule has 1 N–H and O–H groups in total. The highest BCUT2D eigenvalue weighted by molar-refractivity contribution is 6.74. The Balaban J connectivity index is 2.58. The molecule has 148 valence electrons. The molecule has 0 bridgehead atoms. The molecule has 1 rings (SSSR count). The maximum atomic E-state index is 14.4. The number of hydrogen-bond acceptors (Lipinski definition) is 4. The SMILES string of the molecule is CC(C)(C)OC(=O)N[C@H]1CO[C@H](CO[Si](C)(C)C(C)(C)C)CC1(F)F. The molecule has 1 aliphatic heterocycles. The van der Waals surface area contributed by atoms with Gasteiger partial charge < -0.3 is 19.2 Å². The van der Waals surface area contributed by atoms with Gasteiger partial charge in [0.05, 0.1) is 19.3 Å². The second kappa shape index (κ2) is 7.48. The van der Waals surface area contributed by atoms with E-state index in [4.69, 9.17) is 13.9 Å². The summed E-state index contributed by atoms with van der Waals surface area (Å²) in [6, 6.07) is -1.40. The molecule has 0 unspecified atom stereocenters. The second-order valence-corrected chi connectivity index (χ2v) is 14.0. The van der Waals surface area contributed by atoms with Gasteiger partial charge in [-0.3, -0.25) is 0 Å². The van der Waals surface area contributed by atoms with Crippen molar-refractivity contribution in [1.29, 1.82) is 0 Å². The van der Waals surface area contributed by atoms with Gasteiger partial charge in [0.25, 0.3) is 5.92 Å². The molecular weight excluding hydrogens is 348 g/mol. The van der Waals surface area contributed by atoms with E-state index in [2.05, 4.69) is 39.2 Å². The third-order valence-electron chi connectivity index (χ3n) is 4.64. The van der Waals surface area contributed by atoms with Crippen LogP contribution in [0.15, 0.2) is 0 Å². The van der Waals surface area contributed by atoms with E-state index in [0.717, 1.165) is 0 Å². The predicted molar refractivity (Wildman–Crippen MR) is 95.6 cm³/mol. The number of amides is 1. The Morgan fingerprint density at radius 2 is 1.80 bits per heavy atom. The standard InChI is InChI=1S/C17H33F2NO4Si/c1-15(2,3)24-14(21)20-13-11-22-12(9-17(13,18)19)10-23-25(7,8)16(4,5)6/h12-13H,9-11H2,1-8H3,(H,20,21)/t12-,13-/m0/s1. The number of alkyl carbamates (subject to hydrolysis) is 1. The Kier molecular flexibility index (Phi) is 6.68. The number of ether oxygens (including phenoxy) is 2. The highest BCUT2D eigenvalue weighted by Crippen LogP contribution is 2.38. The molecule has 1 fully saturated rings. The summed E-state index contributed by atoms with van der Waals surface area (Å²) < 4.78 is 45.3. The van der Waals surface area contributed by atoms with Crippen molar-refractivity contribution in [1.82, 2.24) is 5.32 Å². The first-order chi connectivity index (χ1) is 11.0. The summed E-state index contributed by atoms with van der Waals surface area (Å²) in [4.78, 5) is 11.7. The van der Waals surface area contributed by atoms with Crippen molar-refractivity contribution >= 4 is 14.4 Å². The average molecular weight is 382 g/mol. The van der Waals surface area contributed by atoms with Crippen LogP contribution in [0.3, 0.4) is 0 Å². The first-order valence-electron chi connectivity index (χ1n) is 8.66. The lowest BCUT2D eigenvalue weighted by Gasteiger charge is -2.40. The van der Waals surface area contributed by atoms with Crippen LogP contribution < -0.4 is 5.32 Å². The molecule has 1 saturated heterocycles. The molecule has 5 nitrogen and oxygen atoms in total. The van der Waals surface area contributed by atoms with Crippen LogP contribution in [0, 0.1) is 0 Å². The fraction of sp³-hybridized carbons (Fsp3) is 0.941. The van der Waals surface area contributed by atoms with Crippen molar-refractivity contribution in [3.8, 4) is 0 Å². The molecule has 1 heterocycles. The topological polar surface area (TPSA) is 56.8 Å². The first kappa shape index (κ1) is 22.3. The zero-order valence-corrected chi connectivity index (χ0v) is 17.7. The monoisotopic (exact) mass is 381 g/mol. The zero-order chi connectivity index (χ0) is 19.7. The molecule has 1 amide bonds. The number of rotatable bonds is 4. The Hall–Kier alpha value is -0.733. The summed E-state index contributed by atoms with van der Waals surface area (Å²) in [6.45, 7) is 15.3. The van der Waals surface area contributed by atoms with E-state index in [1.807, 2.05) is 0 Å². The molecule has 25 heavy (non-hydrogen) atoms. The largest absolute Gasteiger partial charge is 0.444 e. The van der Waals surface area contributed by atoms with Crippen LogP contribution in [0.2, 0.25) is 18.1 Å². The summed E-state index contributed by atoms with van der Waals surface area (Å²) in [5, 5.41) is 2.22. The minimum Gasteiger partial charge on any atom is -0.444 e. The van der Waals surface area contributed by atoms with E-state index in [1.54, 1.807) is 20.8 Å². The molecule has 0 saturated carbocycles. The summed E-state index contributed by atoms with van der Waals surface area (Å²) in [6.07, 6.45) is -2.03. The number of hydrogen-bond donors (Lipinski definition) is 1. The number of carbonyl (C=O) groups excluding carboxylic acids is 1. The van der Waals surface area contributed by atoms with Crippen molar-refractivity contribution in [3.63, 3.8) is 0 Å². The van der Waals surface area contributed by atoms with Crippen LogP contribution in [-0.4, -0.2) is 51.3 Å². The van der Waals surface area contributed by atoms with Crippen LogP contribution in [0.1, 0.15) is 48.0 Å². The maximum absolute atomic E-state index is 14.4. The van der Waals surface area contributed by atoms with E-state index in [-0.39, 0.29) is 18.3 Å². The fourth-order valence-electron chi connectivity index (χ4n) is 2.08. The van der Waals surface area contributed by atoms with Crippen molar-refractivity contribution in [2.45, 2.75) is 89.8 Å². The quantitative estimate of drug-likeness (QED) is 0.737. The lowest BCUT2D eigenvalue weighted by atomic mass is 10.0. The van der Waals surface area contributed by atoms with Gasteiger partial charge in [-0.25, -0.2) is 13.6 Å². The smallest absolute Gasteiger partial charge is 0.408 e. The molecule has 0 aromatic heterocycles. The molecule has 1 aliphatic rings. The van der Waals surface area contributed by atoms with Crippen LogP contribution in [-0.2, 0) is 13.9 Å². The van der Waals surface area contributed by atoms with E-state index in [9.17, 15) is 13.6 Å². The summed E-state index contributed by atoms with van der Waals surface area (Å²) in [5.74, 6) is -3.07. The van der Waals surface area contributed by atoms with Crippen LogP contribution in [0.25, 0.3) is 0 Å². The Morgan fingerprint density at radius 1 is 1.24 bits per heavy atom. The van der Waals surface area contributed by atoms with Crippen LogP contribution in [0.4, 0.5) is 13.6 Å². The van der Waals surface area contributed by atoms with Crippen molar-refractivity contribution < 1.29 is 27.5 Å². The van der Waals surface area contributed by atoms with E-state index >= 15 is 0 Å². The van der Waals surface area contributed by atoms with Crippen molar-refractivity contribution in [2.24, 2.45) is 0 Å². The summed E-state index contributed by atoms with van der Waals surface area (Å²) in [7, 11) is -2.02. The Labute approximate surface area is 150 Å². The minimum absolute atomic E-state index is 0.00495. The molecule has 0 aromatic carbocycles. The molecule has 0 spiro atoms. The zero-order valence-electron chi connectivity index (χ0n) is 16.7. The van der Waals surface area contributed by atoms with Gasteiger partial charge in [-0.15, -0.1) is 0 Å². The number of alkyl halides is 2. The Bertz CT molecular complexity index is 472. The van der Waals surface area contributed by atoms with Crippen LogP contribution >= 0.6 is 0 Å². The Morgan fingerprint density at radius 3 is 2.24 bits per heavy atom. The van der Waals surface area contributed by atoms with E-state index in [0.29, 0.717) is 0 Å². The number of nitrogens with one attached hydrogen (secondary N) is 1. The van der Waals surface area contributed by atoms with Gasteiger partial charge in [0.15, 0.2) is 8.32 Å². The number of carbonyl (C=O) groups is 1. The van der Waals surface area contributed by atoms with Gasteiger partial charge in [-0.2, -0.15) is 0 Å². The third kappa shape index (κ3) is 6.82. The molecule has 0 radical (unpaired) electrons. The van der Waals surface area contributed by atoms with Crippen LogP contribution in [0.5, 0.6) is 0 Å². The molecule has 0 aliphatic carbocycles. The predicted octanol–water partition coefficient (Wildman–Crippen LogP) is 4.33. The second-order valence-electron chi connectivity index (χ2n) is 9.19. The van der Waals surface area contributed by atoms with Gasteiger partial charge >= 0.3 is 6.09 Å². The number of halogens is 2. The molecule has 8 heteroatoms. The lowest BCUT2D eigenvalue weighted by molar-refractivity contribution is -0.157. The third-order valence-corrected chi connectivity index (χ3v) is 9.14. The van der Waals surface area contributed by atoms with Gasteiger partial charge in [-0.1, -0.05) is 20.8 Å². The van der Waals surface area contributed by atoms with Crippen molar-refractivity contribution in [3.05, 3.63) is 0 Å². The van der Waals surface area contributed by atoms with E-state index in [1.165, 1.54) is 0 Å². The molecule has 2 atom stereocenters. The van der Waals surface area contributed by atoms with E-state index < -0.39 is 44.5 Å². The normalized spacial score (nSPS) is 24.7. The molecule has 0 aromatic rings. The van der Waals surface area contributed by atoms with Gasteiger partial charge in [0.1, 0.15) is 11.6 Å². The minimum atomic E-state index is -3.07. The average Bonchev–Trinajstić information content (AvgIpc) is 2.35. The summed E-state index contributed by atoms with van der Waals surface area (Å²) in [5.41, 5.74) is -0.742. The first-order valence-corrected chi connectivity index (χ1v) is 11.6. The summed E-state index contributed by atoms with van der Waals surface area (Å²) >= 11 is 0. The maximum Gasteiger partial charge on any atom is 0.408 e.